The lowest BCUT2D eigenvalue weighted by atomic mass is 10.1. The number of amides is 1. The molecule has 1 heterocycles. The monoisotopic (exact) mass is 321 g/mol. The molecule has 1 atom stereocenters. The van der Waals surface area contributed by atoms with Crippen molar-refractivity contribution < 1.29 is 9.21 Å². The third-order valence-electron chi connectivity index (χ3n) is 3.26. The van der Waals surface area contributed by atoms with Gasteiger partial charge >= 0.3 is 0 Å². The van der Waals surface area contributed by atoms with Gasteiger partial charge in [0.05, 0.1) is 6.04 Å². The molecule has 1 amide bonds. The van der Waals surface area contributed by atoms with E-state index in [0.29, 0.717) is 23.9 Å². The van der Waals surface area contributed by atoms with Gasteiger partial charge in [0.2, 0.25) is 5.89 Å². The predicted octanol–water partition coefficient (Wildman–Crippen LogP) is 3.10. The number of nitrogens with one attached hydrogen (secondary N) is 1. The maximum absolute atomic E-state index is 12.0. The highest BCUT2D eigenvalue weighted by Crippen LogP contribution is 2.15. The van der Waals surface area contributed by atoms with Crippen LogP contribution in [0.1, 0.15) is 47.7 Å². The van der Waals surface area contributed by atoms with Gasteiger partial charge in [-0.3, -0.25) is 4.79 Å². The molecular formula is C16H20ClN3O2. The Balaban J connectivity index is 1.85. The average molecular weight is 322 g/mol. The Morgan fingerprint density at radius 2 is 2.32 bits per heavy atom. The summed E-state index contributed by atoms with van der Waals surface area (Å²) in [5, 5.41) is 3.50. The Morgan fingerprint density at radius 3 is 3.05 bits per heavy atom. The minimum atomic E-state index is -0.266. The summed E-state index contributed by atoms with van der Waals surface area (Å²) < 4.78 is 5.27. The van der Waals surface area contributed by atoms with Crippen molar-refractivity contribution in [2.45, 2.75) is 32.2 Å². The first-order valence-corrected chi connectivity index (χ1v) is 7.71. The zero-order valence-corrected chi connectivity index (χ0v) is 13.3. The normalized spacial score (nSPS) is 12.1. The van der Waals surface area contributed by atoms with Gasteiger partial charge in [0, 0.05) is 11.6 Å². The highest BCUT2D eigenvalue weighted by atomic mass is 35.5. The molecule has 0 bridgehead atoms. The fraction of sp³-hybridized carbons (Fsp3) is 0.375. The van der Waals surface area contributed by atoms with Crippen LogP contribution in [0.5, 0.6) is 0 Å². The van der Waals surface area contributed by atoms with E-state index in [9.17, 15) is 4.79 Å². The van der Waals surface area contributed by atoms with E-state index in [2.05, 4.69) is 10.3 Å². The maximum atomic E-state index is 12.0. The van der Waals surface area contributed by atoms with E-state index in [0.717, 1.165) is 18.4 Å². The predicted molar refractivity (Wildman–Crippen MR) is 85.8 cm³/mol. The SMILES string of the molecule is CCCC(N)c1nc(C(=O)NCCc2cccc(Cl)c2)co1. The molecule has 1 unspecified atom stereocenters. The van der Waals surface area contributed by atoms with Crippen molar-refractivity contribution in [3.05, 3.63) is 52.7 Å². The van der Waals surface area contributed by atoms with E-state index in [-0.39, 0.29) is 17.6 Å². The second-order valence-electron chi connectivity index (χ2n) is 5.10. The lowest BCUT2D eigenvalue weighted by Crippen LogP contribution is -2.26. The van der Waals surface area contributed by atoms with Crippen LogP contribution in [0.25, 0.3) is 0 Å². The molecule has 2 rings (SSSR count). The third kappa shape index (κ3) is 4.58. The Bertz CT molecular complexity index is 627. The number of nitrogens with two attached hydrogens (primary N) is 1. The summed E-state index contributed by atoms with van der Waals surface area (Å²) in [5.74, 6) is 0.141. The zero-order chi connectivity index (χ0) is 15.9. The summed E-state index contributed by atoms with van der Waals surface area (Å²) in [6, 6.07) is 7.29. The van der Waals surface area contributed by atoms with Crippen LogP contribution in [-0.4, -0.2) is 17.4 Å². The Hall–Kier alpha value is -1.85. The highest BCUT2D eigenvalue weighted by molar-refractivity contribution is 6.30. The summed E-state index contributed by atoms with van der Waals surface area (Å²) in [6.45, 7) is 2.54. The van der Waals surface area contributed by atoms with Crippen LogP contribution in [0.4, 0.5) is 0 Å². The van der Waals surface area contributed by atoms with Gasteiger partial charge in [-0.25, -0.2) is 4.98 Å². The van der Waals surface area contributed by atoms with Crippen LogP contribution in [0.3, 0.4) is 0 Å². The first-order chi connectivity index (χ1) is 10.6. The summed E-state index contributed by atoms with van der Waals surface area (Å²) in [4.78, 5) is 16.1. The number of hydrogen-bond acceptors (Lipinski definition) is 4. The second-order valence-corrected chi connectivity index (χ2v) is 5.54. The molecule has 0 saturated carbocycles. The van der Waals surface area contributed by atoms with Crippen molar-refractivity contribution in [2.24, 2.45) is 5.73 Å². The Labute approximate surface area is 134 Å². The highest BCUT2D eigenvalue weighted by Gasteiger charge is 2.16. The van der Waals surface area contributed by atoms with Gasteiger partial charge in [0.25, 0.3) is 5.91 Å². The minimum absolute atomic E-state index is 0.257. The van der Waals surface area contributed by atoms with Crippen LogP contribution in [-0.2, 0) is 6.42 Å². The number of hydrogen-bond donors (Lipinski definition) is 2. The second kappa shape index (κ2) is 7.96. The average Bonchev–Trinajstić information content (AvgIpc) is 2.97. The standard InChI is InChI=1S/C16H20ClN3O2/c1-2-4-13(18)16-20-14(10-22-16)15(21)19-8-7-11-5-3-6-12(17)9-11/h3,5-6,9-10,13H,2,4,7-8,18H2,1H3,(H,19,21). The van der Waals surface area contributed by atoms with Crippen molar-refractivity contribution in [1.82, 2.24) is 10.3 Å². The molecule has 0 aliphatic carbocycles. The molecule has 0 fully saturated rings. The van der Waals surface area contributed by atoms with E-state index in [1.807, 2.05) is 31.2 Å². The molecule has 3 N–H and O–H groups in total. The van der Waals surface area contributed by atoms with Gasteiger partial charge in [-0.05, 0) is 30.5 Å². The number of benzene rings is 1. The first kappa shape index (κ1) is 16.5. The first-order valence-electron chi connectivity index (χ1n) is 7.33. The number of aromatic nitrogens is 1. The fourth-order valence-electron chi connectivity index (χ4n) is 2.10. The molecule has 22 heavy (non-hydrogen) atoms. The lowest BCUT2D eigenvalue weighted by molar-refractivity contribution is 0.0949. The van der Waals surface area contributed by atoms with Crippen molar-refractivity contribution in [2.75, 3.05) is 6.54 Å². The molecule has 118 valence electrons. The van der Waals surface area contributed by atoms with Crippen molar-refractivity contribution in [3.8, 4) is 0 Å². The molecule has 0 aliphatic heterocycles. The maximum Gasteiger partial charge on any atom is 0.273 e. The fourth-order valence-corrected chi connectivity index (χ4v) is 2.31. The molecule has 5 nitrogen and oxygen atoms in total. The summed E-state index contributed by atoms with van der Waals surface area (Å²) in [7, 11) is 0. The number of nitrogens with zero attached hydrogens (tertiary/aromatic N) is 1. The summed E-state index contributed by atoms with van der Waals surface area (Å²) in [6.07, 6.45) is 3.76. The van der Waals surface area contributed by atoms with E-state index in [1.54, 1.807) is 0 Å². The van der Waals surface area contributed by atoms with Crippen LogP contribution in [0.15, 0.2) is 34.9 Å². The van der Waals surface area contributed by atoms with Crippen LogP contribution < -0.4 is 11.1 Å². The van der Waals surface area contributed by atoms with E-state index in [4.69, 9.17) is 21.8 Å². The molecule has 0 spiro atoms. The summed E-state index contributed by atoms with van der Waals surface area (Å²) >= 11 is 5.92. The molecular weight excluding hydrogens is 302 g/mol. The Kier molecular flexibility index (Phi) is 5.98. The largest absolute Gasteiger partial charge is 0.446 e. The number of carbonyl (C=O) groups is 1. The molecule has 0 aliphatic rings. The van der Waals surface area contributed by atoms with Gasteiger partial charge in [-0.15, -0.1) is 0 Å². The van der Waals surface area contributed by atoms with E-state index >= 15 is 0 Å². The minimum Gasteiger partial charge on any atom is -0.446 e. The molecule has 2 aromatic rings. The Morgan fingerprint density at radius 1 is 1.50 bits per heavy atom. The molecule has 0 radical (unpaired) electrons. The quantitative estimate of drug-likeness (QED) is 0.821. The zero-order valence-electron chi connectivity index (χ0n) is 12.5. The third-order valence-corrected chi connectivity index (χ3v) is 3.49. The van der Waals surface area contributed by atoms with Gasteiger partial charge in [-0.2, -0.15) is 0 Å². The van der Waals surface area contributed by atoms with E-state index in [1.165, 1.54) is 6.26 Å². The van der Waals surface area contributed by atoms with Gasteiger partial charge in [-0.1, -0.05) is 37.1 Å². The molecule has 0 saturated heterocycles. The van der Waals surface area contributed by atoms with Gasteiger partial charge in [0.15, 0.2) is 5.69 Å². The number of rotatable bonds is 7. The summed E-state index contributed by atoms with van der Waals surface area (Å²) in [5.41, 5.74) is 7.23. The number of halogens is 1. The van der Waals surface area contributed by atoms with E-state index < -0.39 is 0 Å². The molecule has 1 aromatic heterocycles. The van der Waals surface area contributed by atoms with Gasteiger partial charge in [0.1, 0.15) is 6.26 Å². The molecule has 1 aromatic carbocycles. The van der Waals surface area contributed by atoms with Crippen molar-refractivity contribution >= 4 is 17.5 Å². The van der Waals surface area contributed by atoms with Crippen LogP contribution >= 0.6 is 11.6 Å². The van der Waals surface area contributed by atoms with Gasteiger partial charge < -0.3 is 15.5 Å². The lowest BCUT2D eigenvalue weighted by Gasteiger charge is -2.04. The van der Waals surface area contributed by atoms with Crippen LogP contribution in [0, 0.1) is 0 Å². The topological polar surface area (TPSA) is 81.1 Å². The van der Waals surface area contributed by atoms with Crippen molar-refractivity contribution in [1.29, 1.82) is 0 Å². The molecule has 6 heteroatoms. The van der Waals surface area contributed by atoms with Crippen LogP contribution in [0.2, 0.25) is 5.02 Å². The number of oxazole rings is 1. The van der Waals surface area contributed by atoms with Crippen molar-refractivity contribution in [3.63, 3.8) is 0 Å². The smallest absolute Gasteiger partial charge is 0.273 e. The number of carbonyl (C=O) groups excluding carboxylic acids is 1.